The van der Waals surface area contributed by atoms with Crippen LogP contribution in [-0.4, -0.2) is 22.3 Å². The lowest BCUT2D eigenvalue weighted by Crippen LogP contribution is -2.23. The van der Waals surface area contributed by atoms with Gasteiger partial charge in [-0.2, -0.15) is 5.10 Å². The van der Waals surface area contributed by atoms with Gasteiger partial charge in [-0.25, -0.2) is 4.68 Å². The van der Waals surface area contributed by atoms with Gasteiger partial charge in [-0.3, -0.25) is 4.79 Å². The second-order valence-corrected chi connectivity index (χ2v) is 6.29. The molecule has 0 spiro atoms. The Labute approximate surface area is 137 Å². The summed E-state index contributed by atoms with van der Waals surface area (Å²) in [5.74, 6) is 1.61. The predicted octanol–water partition coefficient (Wildman–Crippen LogP) is 3.91. The van der Waals surface area contributed by atoms with Crippen LogP contribution >= 0.6 is 0 Å². The number of carbonyl (C=O) groups excluding carboxylic acids is 1. The van der Waals surface area contributed by atoms with Gasteiger partial charge in [0.05, 0.1) is 6.20 Å². The molecule has 0 saturated carbocycles. The van der Waals surface area contributed by atoms with Crippen LogP contribution in [0.1, 0.15) is 50.8 Å². The number of nitrogens with zero attached hydrogens (tertiary/aromatic N) is 2. The zero-order valence-corrected chi connectivity index (χ0v) is 14.5. The molecule has 2 rings (SSSR count). The van der Waals surface area contributed by atoms with E-state index in [0.29, 0.717) is 11.7 Å². The summed E-state index contributed by atoms with van der Waals surface area (Å²) in [7, 11) is 0. The molecular weight excluding hydrogens is 290 g/mol. The minimum absolute atomic E-state index is 0.0214. The lowest BCUT2D eigenvalue weighted by Gasteiger charge is -2.15. The van der Waals surface area contributed by atoms with Crippen LogP contribution in [-0.2, 0) is 4.79 Å². The first kappa shape index (κ1) is 17.1. The summed E-state index contributed by atoms with van der Waals surface area (Å²) in [6.45, 7) is 10.2. The number of benzene rings is 1. The number of anilines is 1. The van der Waals surface area contributed by atoms with E-state index in [0.717, 1.165) is 16.9 Å². The Morgan fingerprint density at radius 2 is 2.00 bits per heavy atom. The number of nitrogens with one attached hydrogen (secondary N) is 1. The van der Waals surface area contributed by atoms with Crippen LogP contribution in [0.15, 0.2) is 30.5 Å². The first-order valence-corrected chi connectivity index (χ1v) is 7.95. The van der Waals surface area contributed by atoms with Crippen molar-refractivity contribution in [3.05, 3.63) is 41.6 Å². The largest absolute Gasteiger partial charge is 0.483 e. The Morgan fingerprint density at radius 1 is 1.26 bits per heavy atom. The third-order valence-corrected chi connectivity index (χ3v) is 3.58. The molecule has 0 aliphatic rings. The summed E-state index contributed by atoms with van der Waals surface area (Å²) >= 11 is 0. The minimum Gasteiger partial charge on any atom is -0.483 e. The monoisotopic (exact) mass is 315 g/mol. The molecule has 0 saturated heterocycles. The second-order valence-electron chi connectivity index (χ2n) is 6.29. The maximum atomic E-state index is 12.1. The van der Waals surface area contributed by atoms with Gasteiger partial charge in [0.15, 0.2) is 6.61 Å². The van der Waals surface area contributed by atoms with E-state index in [9.17, 15) is 4.79 Å². The minimum atomic E-state index is -0.191. The average Bonchev–Trinajstić information content (AvgIpc) is 2.93. The maximum Gasteiger partial charge on any atom is 0.263 e. The summed E-state index contributed by atoms with van der Waals surface area (Å²) in [6.07, 6.45) is 1.67. The first-order chi connectivity index (χ1) is 10.9. The van der Waals surface area contributed by atoms with Crippen molar-refractivity contribution in [1.29, 1.82) is 0 Å². The number of hydrogen-bond acceptors (Lipinski definition) is 3. The molecule has 0 bridgehead atoms. The van der Waals surface area contributed by atoms with Gasteiger partial charge in [-0.15, -0.1) is 0 Å². The maximum absolute atomic E-state index is 12.1. The number of amides is 1. The van der Waals surface area contributed by atoms with Gasteiger partial charge in [-0.05, 0) is 43.9 Å². The molecule has 0 radical (unpaired) electrons. The molecule has 0 fully saturated rings. The summed E-state index contributed by atoms with van der Waals surface area (Å²) in [6, 6.07) is 8.06. The standard InChI is InChI=1S/C18H25N3O2/c1-12(2)15-7-6-14(5)10-16(15)23-11-18(22)20-17-8-9-19-21(17)13(3)4/h6-10,12-13H,11H2,1-5H3,(H,20,22). The number of ether oxygens (including phenoxy) is 1. The van der Waals surface area contributed by atoms with E-state index < -0.39 is 0 Å². The fourth-order valence-corrected chi connectivity index (χ4v) is 2.39. The summed E-state index contributed by atoms with van der Waals surface area (Å²) in [4.78, 5) is 12.1. The van der Waals surface area contributed by atoms with Gasteiger partial charge in [0, 0.05) is 12.1 Å². The molecule has 0 aliphatic carbocycles. The topological polar surface area (TPSA) is 56.1 Å². The van der Waals surface area contributed by atoms with Crippen LogP contribution < -0.4 is 10.1 Å². The van der Waals surface area contributed by atoms with Crippen molar-refractivity contribution < 1.29 is 9.53 Å². The van der Waals surface area contributed by atoms with Crippen molar-refractivity contribution in [1.82, 2.24) is 9.78 Å². The molecule has 124 valence electrons. The van der Waals surface area contributed by atoms with Gasteiger partial charge in [0.1, 0.15) is 11.6 Å². The normalized spacial score (nSPS) is 11.1. The SMILES string of the molecule is Cc1ccc(C(C)C)c(OCC(=O)Nc2ccnn2C(C)C)c1. The Hall–Kier alpha value is -2.30. The molecule has 23 heavy (non-hydrogen) atoms. The molecular formula is C18H25N3O2. The third-order valence-electron chi connectivity index (χ3n) is 3.58. The molecule has 0 aliphatic heterocycles. The van der Waals surface area contributed by atoms with Crippen LogP contribution in [0.4, 0.5) is 5.82 Å². The van der Waals surface area contributed by atoms with Gasteiger partial charge >= 0.3 is 0 Å². The highest BCUT2D eigenvalue weighted by Gasteiger charge is 2.12. The highest BCUT2D eigenvalue weighted by atomic mass is 16.5. The number of aryl methyl sites for hydroxylation is 1. The molecule has 1 N–H and O–H groups in total. The fourth-order valence-electron chi connectivity index (χ4n) is 2.39. The van der Waals surface area contributed by atoms with E-state index in [1.54, 1.807) is 16.9 Å². The Morgan fingerprint density at radius 3 is 2.65 bits per heavy atom. The van der Waals surface area contributed by atoms with Gasteiger partial charge in [-0.1, -0.05) is 26.0 Å². The molecule has 0 unspecified atom stereocenters. The van der Waals surface area contributed by atoms with E-state index in [1.807, 2.05) is 26.8 Å². The summed E-state index contributed by atoms with van der Waals surface area (Å²) in [5.41, 5.74) is 2.22. The molecule has 1 aromatic carbocycles. The zero-order valence-electron chi connectivity index (χ0n) is 14.5. The average molecular weight is 315 g/mol. The Balaban J connectivity index is 2.02. The predicted molar refractivity (Wildman–Crippen MR) is 92.0 cm³/mol. The lowest BCUT2D eigenvalue weighted by molar-refractivity contribution is -0.118. The van der Waals surface area contributed by atoms with E-state index in [2.05, 4.69) is 36.4 Å². The first-order valence-electron chi connectivity index (χ1n) is 7.95. The van der Waals surface area contributed by atoms with Gasteiger partial charge in [0.2, 0.25) is 0 Å². The van der Waals surface area contributed by atoms with E-state index >= 15 is 0 Å². The van der Waals surface area contributed by atoms with Crippen molar-refractivity contribution in [3.63, 3.8) is 0 Å². The van der Waals surface area contributed by atoms with Crippen molar-refractivity contribution in [2.24, 2.45) is 0 Å². The lowest BCUT2D eigenvalue weighted by atomic mass is 10.0. The van der Waals surface area contributed by atoms with Crippen molar-refractivity contribution >= 4 is 11.7 Å². The van der Waals surface area contributed by atoms with Crippen LogP contribution in [0.5, 0.6) is 5.75 Å². The van der Waals surface area contributed by atoms with Crippen LogP contribution in [0, 0.1) is 6.92 Å². The highest BCUT2D eigenvalue weighted by molar-refractivity contribution is 5.91. The van der Waals surface area contributed by atoms with Crippen molar-refractivity contribution in [3.8, 4) is 5.75 Å². The number of carbonyl (C=O) groups is 1. The Bertz CT molecular complexity index is 675. The van der Waals surface area contributed by atoms with E-state index in [-0.39, 0.29) is 18.6 Å². The highest BCUT2D eigenvalue weighted by Crippen LogP contribution is 2.27. The molecule has 0 atom stereocenters. The van der Waals surface area contributed by atoms with Crippen LogP contribution in [0.2, 0.25) is 0 Å². The number of rotatable bonds is 6. The quantitative estimate of drug-likeness (QED) is 0.879. The Kier molecular flexibility index (Phi) is 5.42. The number of aromatic nitrogens is 2. The van der Waals surface area contributed by atoms with Crippen LogP contribution in [0.3, 0.4) is 0 Å². The molecule has 5 nitrogen and oxygen atoms in total. The van der Waals surface area contributed by atoms with E-state index in [1.165, 1.54) is 0 Å². The second kappa shape index (κ2) is 7.31. The summed E-state index contributed by atoms with van der Waals surface area (Å²) < 4.78 is 7.52. The van der Waals surface area contributed by atoms with Gasteiger partial charge in [0.25, 0.3) is 5.91 Å². The van der Waals surface area contributed by atoms with Crippen molar-refractivity contribution in [2.45, 2.75) is 46.6 Å². The van der Waals surface area contributed by atoms with Gasteiger partial charge < -0.3 is 10.1 Å². The fraction of sp³-hybridized carbons (Fsp3) is 0.444. The molecule has 2 aromatic rings. The smallest absolute Gasteiger partial charge is 0.263 e. The molecule has 1 aromatic heterocycles. The molecule has 1 amide bonds. The number of hydrogen-bond donors (Lipinski definition) is 1. The molecule has 5 heteroatoms. The third kappa shape index (κ3) is 4.34. The van der Waals surface area contributed by atoms with Crippen molar-refractivity contribution in [2.75, 3.05) is 11.9 Å². The molecule has 1 heterocycles. The van der Waals surface area contributed by atoms with E-state index in [4.69, 9.17) is 4.74 Å². The zero-order chi connectivity index (χ0) is 17.0. The van der Waals surface area contributed by atoms with Crippen LogP contribution in [0.25, 0.3) is 0 Å². The summed E-state index contributed by atoms with van der Waals surface area (Å²) in [5, 5.41) is 7.04.